The van der Waals surface area contributed by atoms with Crippen LogP contribution >= 0.6 is 0 Å². The maximum absolute atomic E-state index is 10.5. The molecule has 17 heteroatoms. The number of benzene rings is 2. The van der Waals surface area contributed by atoms with Crippen molar-refractivity contribution < 1.29 is 64.9 Å². The van der Waals surface area contributed by atoms with Crippen LogP contribution in [-0.2, 0) is 9.47 Å². The molecule has 2 aliphatic heterocycles. The van der Waals surface area contributed by atoms with E-state index in [1.54, 1.807) is 0 Å². The Balaban J connectivity index is 0.000000236. The van der Waals surface area contributed by atoms with Crippen molar-refractivity contribution in [1.29, 1.82) is 0 Å². The molecule has 2 aliphatic rings. The molecular formula is C24H31N2O15-. The first-order chi connectivity index (χ1) is 19.1. The number of hydrogen-bond acceptors (Lipinski definition) is 15. The second-order valence-corrected chi connectivity index (χ2v) is 9.00. The standard InChI is InChI=1S/C12H15NO7.C6H5NO3.C6H12O5/c1-6-9(14)10(15)11(16)12(19-6)20-8-4-2-7(3-5-8)13(17)18;8-6-3-1-5(2-4-6)7(9)10;1-2-3(7)4(8)5(9)6(10)11-2/h2-6,9-12,14-16H,1H3;1-4,8H;2-10H,1H3/p-1. The van der Waals surface area contributed by atoms with Gasteiger partial charge in [0.2, 0.25) is 6.29 Å². The van der Waals surface area contributed by atoms with Gasteiger partial charge in [0.05, 0.1) is 22.1 Å². The Morgan fingerprint density at radius 2 is 1.05 bits per heavy atom. The van der Waals surface area contributed by atoms with Crippen LogP contribution in [0.3, 0.4) is 0 Å². The van der Waals surface area contributed by atoms with E-state index in [-0.39, 0.29) is 22.9 Å². The Morgan fingerprint density at radius 3 is 1.51 bits per heavy atom. The van der Waals surface area contributed by atoms with Gasteiger partial charge in [-0.3, -0.25) is 20.2 Å². The Bertz CT molecular complexity index is 1110. The summed E-state index contributed by atoms with van der Waals surface area (Å²) in [6.07, 6.45) is -11.9. The lowest BCUT2D eigenvalue weighted by Gasteiger charge is -2.38. The zero-order valence-corrected chi connectivity index (χ0v) is 21.7. The van der Waals surface area contributed by atoms with E-state index < -0.39 is 71.3 Å². The van der Waals surface area contributed by atoms with Gasteiger partial charge in [0.25, 0.3) is 11.4 Å². The molecule has 0 bridgehead atoms. The first-order valence-electron chi connectivity index (χ1n) is 12.0. The van der Waals surface area contributed by atoms with Crippen LogP contribution in [0.2, 0.25) is 0 Å². The van der Waals surface area contributed by atoms with Crippen LogP contribution in [0.5, 0.6) is 11.5 Å². The summed E-state index contributed by atoms with van der Waals surface area (Å²) in [5, 5.41) is 95.9. The molecule has 17 nitrogen and oxygen atoms in total. The van der Waals surface area contributed by atoms with Crippen LogP contribution in [0, 0.1) is 20.2 Å². The number of ether oxygens (including phenoxy) is 3. The van der Waals surface area contributed by atoms with Crippen molar-refractivity contribution in [3.63, 3.8) is 0 Å². The lowest BCUT2D eigenvalue weighted by Crippen LogP contribution is -2.58. The molecule has 2 heterocycles. The van der Waals surface area contributed by atoms with Gasteiger partial charge in [-0.05, 0) is 26.0 Å². The van der Waals surface area contributed by atoms with Crippen molar-refractivity contribution in [2.24, 2.45) is 0 Å². The fraction of sp³-hybridized carbons (Fsp3) is 0.500. The Kier molecular flexibility index (Phi) is 12.3. The summed E-state index contributed by atoms with van der Waals surface area (Å²) in [7, 11) is 0. The number of rotatable bonds is 4. The third kappa shape index (κ3) is 9.25. The summed E-state index contributed by atoms with van der Waals surface area (Å²) >= 11 is 0. The zero-order chi connectivity index (χ0) is 31.0. The van der Waals surface area contributed by atoms with E-state index in [0.29, 0.717) is 0 Å². The highest BCUT2D eigenvalue weighted by atomic mass is 16.7. The smallest absolute Gasteiger partial charge is 0.269 e. The molecule has 41 heavy (non-hydrogen) atoms. The predicted octanol–water partition coefficient (Wildman–Crippen LogP) is -1.72. The van der Waals surface area contributed by atoms with Crippen molar-refractivity contribution in [2.45, 2.75) is 75.3 Å². The molecule has 0 saturated carbocycles. The van der Waals surface area contributed by atoms with E-state index in [0.717, 1.165) is 12.1 Å². The molecule has 10 unspecified atom stereocenters. The van der Waals surface area contributed by atoms with Gasteiger partial charge in [0.15, 0.2) is 6.29 Å². The van der Waals surface area contributed by atoms with E-state index in [1.807, 2.05) is 0 Å². The third-order valence-electron chi connectivity index (χ3n) is 5.98. The largest absolute Gasteiger partial charge is 0.872 e. The number of aliphatic hydroxyl groups is 7. The highest BCUT2D eigenvalue weighted by molar-refractivity contribution is 5.36. The minimum absolute atomic E-state index is 0.0559. The van der Waals surface area contributed by atoms with Crippen LogP contribution < -0.4 is 9.84 Å². The molecule has 0 radical (unpaired) electrons. The molecular weight excluding hydrogens is 556 g/mol. The van der Waals surface area contributed by atoms with E-state index in [2.05, 4.69) is 4.74 Å². The molecule has 2 fully saturated rings. The van der Waals surface area contributed by atoms with Crippen molar-refractivity contribution in [3.8, 4) is 11.5 Å². The molecule has 2 saturated heterocycles. The van der Waals surface area contributed by atoms with Gasteiger partial charge < -0.3 is 55.1 Å². The second-order valence-electron chi connectivity index (χ2n) is 9.00. The lowest BCUT2D eigenvalue weighted by atomic mass is 10.00. The Morgan fingerprint density at radius 1 is 0.634 bits per heavy atom. The van der Waals surface area contributed by atoms with Crippen molar-refractivity contribution >= 4 is 11.4 Å². The van der Waals surface area contributed by atoms with Crippen LogP contribution in [0.1, 0.15) is 13.8 Å². The first kappa shape index (κ1) is 33.7. The fourth-order valence-corrected chi connectivity index (χ4v) is 3.49. The van der Waals surface area contributed by atoms with E-state index in [9.17, 15) is 40.7 Å². The molecule has 7 N–H and O–H groups in total. The van der Waals surface area contributed by atoms with Gasteiger partial charge in [-0.25, -0.2) is 0 Å². The average molecular weight is 588 g/mol. The highest BCUT2D eigenvalue weighted by Gasteiger charge is 2.43. The number of hydrogen-bond donors (Lipinski definition) is 7. The van der Waals surface area contributed by atoms with Crippen LogP contribution in [0.4, 0.5) is 11.4 Å². The lowest BCUT2D eigenvalue weighted by molar-refractivity contribution is -0.385. The minimum Gasteiger partial charge on any atom is -0.872 e. The van der Waals surface area contributed by atoms with Gasteiger partial charge in [0.1, 0.15) is 42.4 Å². The number of nitro benzene ring substituents is 2. The average Bonchev–Trinajstić information content (AvgIpc) is 2.94. The minimum atomic E-state index is -1.43. The maximum Gasteiger partial charge on any atom is 0.269 e. The van der Waals surface area contributed by atoms with Crippen LogP contribution in [0.25, 0.3) is 0 Å². The van der Waals surface area contributed by atoms with Crippen LogP contribution in [-0.4, -0.2) is 107 Å². The van der Waals surface area contributed by atoms with Gasteiger partial charge >= 0.3 is 0 Å². The number of aliphatic hydroxyl groups excluding tert-OH is 7. The summed E-state index contributed by atoms with van der Waals surface area (Å²) in [5.74, 6) is 0.0287. The summed E-state index contributed by atoms with van der Waals surface area (Å²) in [4.78, 5) is 19.4. The quantitative estimate of drug-likeness (QED) is 0.155. The molecule has 4 rings (SSSR count). The third-order valence-corrected chi connectivity index (χ3v) is 5.98. The zero-order valence-electron chi connectivity index (χ0n) is 21.7. The van der Waals surface area contributed by atoms with E-state index in [4.69, 9.17) is 29.9 Å². The molecule has 2 aromatic rings. The summed E-state index contributed by atoms with van der Waals surface area (Å²) in [5.41, 5.74) is -0.147. The van der Waals surface area contributed by atoms with Gasteiger partial charge in [0, 0.05) is 24.3 Å². The van der Waals surface area contributed by atoms with Gasteiger partial charge in [-0.1, -0.05) is 12.1 Å². The van der Waals surface area contributed by atoms with Crippen molar-refractivity contribution in [2.75, 3.05) is 0 Å². The summed E-state index contributed by atoms with van der Waals surface area (Å²) < 4.78 is 15.2. The molecule has 0 spiro atoms. The van der Waals surface area contributed by atoms with Crippen molar-refractivity contribution in [3.05, 3.63) is 68.8 Å². The van der Waals surface area contributed by atoms with Gasteiger partial charge in [-0.15, -0.1) is 5.75 Å². The van der Waals surface area contributed by atoms with Gasteiger partial charge in [-0.2, -0.15) is 0 Å². The topological polar surface area (TPSA) is 279 Å². The Labute approximate surface area is 232 Å². The summed E-state index contributed by atoms with van der Waals surface area (Å²) in [6.45, 7) is 3.04. The van der Waals surface area contributed by atoms with Crippen molar-refractivity contribution in [1.82, 2.24) is 0 Å². The maximum atomic E-state index is 10.5. The number of non-ortho nitro benzene ring substituents is 2. The number of nitrogens with zero attached hydrogens (tertiary/aromatic N) is 2. The summed E-state index contributed by atoms with van der Waals surface area (Å²) in [6, 6.07) is 9.91. The molecule has 0 aliphatic carbocycles. The Hall–Kier alpha value is -3.52. The van der Waals surface area contributed by atoms with E-state index in [1.165, 1.54) is 50.2 Å². The molecule has 228 valence electrons. The monoisotopic (exact) mass is 587 g/mol. The number of nitro groups is 2. The SMILES string of the molecule is CC1OC(O)C(O)C(O)C1O.CC1OC(Oc2ccc([N+](=O)[O-])cc2)C(O)C(O)C1O.O=[N+]([O-])c1ccc([O-])cc1. The normalized spacial score (nSPS) is 32.8. The first-order valence-corrected chi connectivity index (χ1v) is 12.0. The second kappa shape index (κ2) is 14.9. The molecule has 0 aromatic heterocycles. The van der Waals surface area contributed by atoms with Crippen LogP contribution in [0.15, 0.2) is 48.5 Å². The fourth-order valence-electron chi connectivity index (χ4n) is 3.49. The highest BCUT2D eigenvalue weighted by Crippen LogP contribution is 2.25. The molecule has 2 aromatic carbocycles. The molecule has 0 amide bonds. The molecule has 10 atom stereocenters. The van der Waals surface area contributed by atoms with E-state index >= 15 is 0 Å². The predicted molar refractivity (Wildman–Crippen MR) is 133 cm³/mol.